The van der Waals surface area contributed by atoms with Crippen LogP contribution in [-0.4, -0.2) is 4.83 Å². The van der Waals surface area contributed by atoms with Crippen molar-refractivity contribution in [3.63, 3.8) is 0 Å². The van der Waals surface area contributed by atoms with Crippen molar-refractivity contribution in [2.45, 2.75) is 37.4 Å². The van der Waals surface area contributed by atoms with Gasteiger partial charge in [-0.25, -0.2) is 0 Å². The van der Waals surface area contributed by atoms with E-state index in [9.17, 15) is 0 Å². The van der Waals surface area contributed by atoms with Crippen molar-refractivity contribution in [3.05, 3.63) is 0 Å². The van der Waals surface area contributed by atoms with Gasteiger partial charge in [0.05, 0.1) is 0 Å². The van der Waals surface area contributed by atoms with Crippen LogP contribution in [0, 0.1) is 5.92 Å². The van der Waals surface area contributed by atoms with E-state index in [1.807, 2.05) is 0 Å². The Labute approximate surface area is 59.8 Å². The second-order valence-corrected chi connectivity index (χ2v) is 4.16. The molecule has 0 radical (unpaired) electrons. The molecular weight excluding hydrogens is 164 g/mol. The Hall–Kier alpha value is 0.480. The second kappa shape index (κ2) is 2.86. The number of alkyl halides is 1. The summed E-state index contributed by atoms with van der Waals surface area (Å²) < 4.78 is 0. The molecule has 0 aromatic carbocycles. The molecule has 1 saturated carbocycles. The summed E-state index contributed by atoms with van der Waals surface area (Å²) in [5, 5.41) is 0. The number of halogens is 1. The largest absolute Gasteiger partial charge is 0.0891 e. The lowest BCUT2D eigenvalue weighted by molar-refractivity contribution is 0.398. The molecule has 1 aliphatic carbocycles. The van der Waals surface area contributed by atoms with Gasteiger partial charge in [0.15, 0.2) is 0 Å². The third-order valence-corrected chi connectivity index (χ3v) is 2.70. The van der Waals surface area contributed by atoms with Crippen LogP contribution in [0.15, 0.2) is 0 Å². The highest BCUT2D eigenvalue weighted by molar-refractivity contribution is 9.09. The molecule has 1 heteroatoms. The molecule has 0 aromatic heterocycles. The van der Waals surface area contributed by atoms with Crippen molar-refractivity contribution in [2.75, 3.05) is 0 Å². The minimum Gasteiger partial charge on any atom is -0.0891 e. The van der Waals surface area contributed by atoms with Gasteiger partial charge in [-0.2, -0.15) is 0 Å². The topological polar surface area (TPSA) is 0 Å². The molecule has 0 aliphatic heterocycles. The van der Waals surface area contributed by atoms with Gasteiger partial charge in [0.2, 0.25) is 0 Å². The molecule has 1 rings (SSSR count). The van der Waals surface area contributed by atoms with Crippen LogP contribution in [0.2, 0.25) is 0 Å². The van der Waals surface area contributed by atoms with E-state index < -0.39 is 0 Å². The van der Waals surface area contributed by atoms with Gasteiger partial charge in [0.25, 0.3) is 0 Å². The quantitative estimate of drug-likeness (QED) is 0.499. The Bertz CT molecular complexity index is 62.8. The van der Waals surface area contributed by atoms with E-state index in [1.165, 1.54) is 25.7 Å². The Balaban J connectivity index is 2.23. The maximum Gasteiger partial charge on any atom is 0.0148 e. The van der Waals surface area contributed by atoms with Crippen LogP contribution in [0.1, 0.15) is 32.6 Å². The van der Waals surface area contributed by atoms with Gasteiger partial charge in [-0.15, -0.1) is 0 Å². The maximum atomic E-state index is 3.63. The Morgan fingerprint density at radius 2 is 2.12 bits per heavy atom. The number of hydrogen-bond acceptors (Lipinski definition) is 0. The van der Waals surface area contributed by atoms with Crippen LogP contribution < -0.4 is 0 Å². The van der Waals surface area contributed by atoms with E-state index in [-0.39, 0.29) is 0 Å². The van der Waals surface area contributed by atoms with E-state index in [1.54, 1.807) is 0 Å². The predicted octanol–water partition coefficient (Wildman–Crippen LogP) is 2.96. The van der Waals surface area contributed by atoms with E-state index in [0.29, 0.717) is 0 Å². The van der Waals surface area contributed by atoms with Crippen molar-refractivity contribution in [1.82, 2.24) is 0 Å². The minimum absolute atomic E-state index is 0.825. The monoisotopic (exact) mass is 176 g/mol. The summed E-state index contributed by atoms with van der Waals surface area (Å²) in [6.45, 7) is 2.34. The molecule has 0 N–H and O–H groups in total. The second-order valence-electron chi connectivity index (χ2n) is 2.87. The zero-order valence-electron chi connectivity index (χ0n) is 5.36. The van der Waals surface area contributed by atoms with Crippen LogP contribution >= 0.6 is 15.9 Å². The van der Waals surface area contributed by atoms with E-state index in [4.69, 9.17) is 0 Å². The van der Waals surface area contributed by atoms with Crippen molar-refractivity contribution in [1.29, 1.82) is 0 Å². The lowest BCUT2D eigenvalue weighted by atomic mass is 9.91. The summed E-state index contributed by atoms with van der Waals surface area (Å²) in [6, 6.07) is 0. The summed E-state index contributed by atoms with van der Waals surface area (Å²) in [4.78, 5) is 0.825. The van der Waals surface area contributed by atoms with Crippen molar-refractivity contribution in [2.24, 2.45) is 5.92 Å². The molecule has 0 nitrogen and oxygen atoms in total. The van der Waals surface area contributed by atoms with Gasteiger partial charge in [0, 0.05) is 4.83 Å². The molecule has 0 heterocycles. The SMILES string of the molecule is C[C@H]1CCC[C@@H](Br)C1. The minimum atomic E-state index is 0.825. The third kappa shape index (κ3) is 1.77. The Morgan fingerprint density at radius 3 is 2.50 bits per heavy atom. The Morgan fingerprint density at radius 1 is 1.38 bits per heavy atom. The predicted molar refractivity (Wildman–Crippen MR) is 40.3 cm³/mol. The van der Waals surface area contributed by atoms with Gasteiger partial charge in [-0.3, -0.25) is 0 Å². The van der Waals surface area contributed by atoms with Gasteiger partial charge in [-0.1, -0.05) is 35.7 Å². The molecule has 0 spiro atoms. The first-order chi connectivity index (χ1) is 3.79. The molecule has 1 aliphatic rings. The zero-order valence-corrected chi connectivity index (χ0v) is 6.95. The van der Waals surface area contributed by atoms with E-state index >= 15 is 0 Å². The van der Waals surface area contributed by atoms with E-state index in [0.717, 1.165) is 10.7 Å². The van der Waals surface area contributed by atoms with Crippen LogP contribution in [0.25, 0.3) is 0 Å². The first kappa shape index (κ1) is 6.60. The average molecular weight is 177 g/mol. The molecular formula is C7H13Br. The molecule has 8 heavy (non-hydrogen) atoms. The fraction of sp³-hybridized carbons (Fsp3) is 1.00. The van der Waals surface area contributed by atoms with Gasteiger partial charge >= 0.3 is 0 Å². The highest BCUT2D eigenvalue weighted by Crippen LogP contribution is 2.27. The summed E-state index contributed by atoms with van der Waals surface area (Å²) in [5.41, 5.74) is 0. The van der Waals surface area contributed by atoms with Crippen LogP contribution in [0.5, 0.6) is 0 Å². The van der Waals surface area contributed by atoms with Crippen molar-refractivity contribution < 1.29 is 0 Å². The maximum absolute atomic E-state index is 3.63. The van der Waals surface area contributed by atoms with E-state index in [2.05, 4.69) is 22.9 Å². The molecule has 0 bridgehead atoms. The number of rotatable bonds is 0. The molecule has 0 saturated heterocycles. The zero-order chi connectivity index (χ0) is 5.98. The third-order valence-electron chi connectivity index (χ3n) is 1.87. The fourth-order valence-corrected chi connectivity index (χ4v) is 2.32. The molecule has 1 fully saturated rings. The van der Waals surface area contributed by atoms with Gasteiger partial charge in [0.1, 0.15) is 0 Å². The molecule has 0 unspecified atom stereocenters. The van der Waals surface area contributed by atoms with Crippen LogP contribution in [0.3, 0.4) is 0 Å². The Kier molecular flexibility index (Phi) is 2.36. The lowest BCUT2D eigenvalue weighted by Gasteiger charge is -2.21. The molecule has 2 atom stereocenters. The molecule has 0 aromatic rings. The lowest BCUT2D eigenvalue weighted by Crippen LogP contribution is -2.11. The highest BCUT2D eigenvalue weighted by Gasteiger charge is 2.14. The molecule has 48 valence electrons. The van der Waals surface area contributed by atoms with Crippen molar-refractivity contribution >= 4 is 15.9 Å². The summed E-state index contributed by atoms with van der Waals surface area (Å²) in [7, 11) is 0. The smallest absolute Gasteiger partial charge is 0.0148 e. The summed E-state index contributed by atoms with van der Waals surface area (Å²) in [5.74, 6) is 0.966. The fourth-order valence-electron chi connectivity index (χ4n) is 1.36. The van der Waals surface area contributed by atoms with Gasteiger partial charge in [-0.05, 0) is 18.8 Å². The number of hydrogen-bond donors (Lipinski definition) is 0. The summed E-state index contributed by atoms with van der Waals surface area (Å²) in [6.07, 6.45) is 5.66. The molecule has 0 amide bonds. The summed E-state index contributed by atoms with van der Waals surface area (Å²) >= 11 is 3.63. The standard InChI is InChI=1S/C7H13Br/c1-6-3-2-4-7(8)5-6/h6-7H,2-5H2,1H3/t6-,7+/m0/s1. The van der Waals surface area contributed by atoms with Gasteiger partial charge < -0.3 is 0 Å². The van der Waals surface area contributed by atoms with Crippen LogP contribution in [-0.2, 0) is 0 Å². The van der Waals surface area contributed by atoms with Crippen molar-refractivity contribution in [3.8, 4) is 0 Å². The average Bonchev–Trinajstić information content (AvgIpc) is 1.64. The highest BCUT2D eigenvalue weighted by atomic mass is 79.9. The normalized spacial score (nSPS) is 39.8. The first-order valence-corrected chi connectivity index (χ1v) is 4.34. The van der Waals surface area contributed by atoms with Crippen LogP contribution in [0.4, 0.5) is 0 Å². The first-order valence-electron chi connectivity index (χ1n) is 3.43.